The van der Waals surface area contributed by atoms with Crippen molar-refractivity contribution in [3.63, 3.8) is 0 Å². The summed E-state index contributed by atoms with van der Waals surface area (Å²) in [6, 6.07) is 11.0. The molecule has 0 aliphatic rings. The minimum Gasteiger partial charge on any atom is -0.459 e. The maximum atomic E-state index is 12.3. The van der Waals surface area contributed by atoms with Crippen molar-refractivity contribution in [1.29, 1.82) is 0 Å². The van der Waals surface area contributed by atoms with Crippen molar-refractivity contribution in [3.8, 4) is 0 Å². The summed E-state index contributed by atoms with van der Waals surface area (Å²) in [5.41, 5.74) is 1.30. The molecule has 138 valence electrons. The fraction of sp³-hybridized carbons (Fsp3) is 0.167. The molecule has 0 aliphatic heterocycles. The number of amides is 1. The second-order valence-electron chi connectivity index (χ2n) is 5.95. The highest BCUT2D eigenvalue weighted by Gasteiger charge is 2.16. The molecule has 0 radical (unpaired) electrons. The number of benzene rings is 1. The Labute approximate surface area is 168 Å². The van der Waals surface area contributed by atoms with Gasteiger partial charge in [-0.1, -0.05) is 53.2 Å². The molecule has 0 aliphatic carbocycles. The molecule has 27 heavy (non-hydrogen) atoms. The first-order chi connectivity index (χ1) is 13.0. The third-order valence-electron chi connectivity index (χ3n) is 3.98. The molecule has 9 heteroatoms. The molecule has 0 saturated heterocycles. The Hall–Kier alpha value is -2.22. The molecular weight excluding hydrogens is 407 g/mol. The number of furan rings is 1. The van der Waals surface area contributed by atoms with Crippen LogP contribution in [-0.2, 0) is 4.79 Å². The van der Waals surface area contributed by atoms with Gasteiger partial charge in [-0.15, -0.1) is 10.2 Å². The Morgan fingerprint density at radius 2 is 2.11 bits per heavy atom. The Morgan fingerprint density at radius 1 is 1.30 bits per heavy atom. The molecule has 3 aromatic heterocycles. The molecule has 1 atom stereocenters. The van der Waals surface area contributed by atoms with Gasteiger partial charge in [0.25, 0.3) is 0 Å². The van der Waals surface area contributed by atoms with Crippen molar-refractivity contribution >= 4 is 57.5 Å². The van der Waals surface area contributed by atoms with E-state index in [4.69, 9.17) is 27.6 Å². The third kappa shape index (κ3) is 3.76. The van der Waals surface area contributed by atoms with Gasteiger partial charge in [-0.25, -0.2) is 0 Å². The molecule has 1 unspecified atom stereocenters. The van der Waals surface area contributed by atoms with Gasteiger partial charge in [0.05, 0.1) is 21.8 Å². The van der Waals surface area contributed by atoms with Gasteiger partial charge < -0.3 is 9.73 Å². The zero-order valence-electron chi connectivity index (χ0n) is 14.1. The number of aromatic nitrogens is 3. The SMILES string of the molecule is CC(NC(=O)CSc1nnc2c(Cl)cc(Cl)cn12)c1cc2ccccc2o1. The van der Waals surface area contributed by atoms with Gasteiger partial charge in [-0.2, -0.15) is 0 Å². The van der Waals surface area contributed by atoms with Gasteiger partial charge >= 0.3 is 0 Å². The molecular formula is C18H14Cl2N4O2S. The number of carbonyl (C=O) groups excluding carboxylic acids is 1. The topological polar surface area (TPSA) is 72.4 Å². The van der Waals surface area contributed by atoms with Crippen LogP contribution in [0.5, 0.6) is 0 Å². The van der Waals surface area contributed by atoms with E-state index in [9.17, 15) is 4.79 Å². The molecule has 6 nitrogen and oxygen atoms in total. The van der Waals surface area contributed by atoms with Crippen molar-refractivity contribution in [1.82, 2.24) is 19.9 Å². The van der Waals surface area contributed by atoms with Gasteiger partial charge in [0, 0.05) is 11.6 Å². The monoisotopic (exact) mass is 420 g/mol. The highest BCUT2D eigenvalue weighted by molar-refractivity contribution is 7.99. The lowest BCUT2D eigenvalue weighted by atomic mass is 10.2. The van der Waals surface area contributed by atoms with Crippen LogP contribution in [0.15, 0.2) is 52.2 Å². The Bertz CT molecular complexity index is 1110. The maximum Gasteiger partial charge on any atom is 0.231 e. The van der Waals surface area contributed by atoms with E-state index in [1.54, 1.807) is 16.7 Å². The number of nitrogens with zero attached hydrogens (tertiary/aromatic N) is 3. The van der Waals surface area contributed by atoms with E-state index in [1.807, 2.05) is 37.3 Å². The summed E-state index contributed by atoms with van der Waals surface area (Å²) in [4.78, 5) is 12.3. The van der Waals surface area contributed by atoms with Crippen LogP contribution in [-0.4, -0.2) is 26.3 Å². The lowest BCUT2D eigenvalue weighted by molar-refractivity contribution is -0.119. The van der Waals surface area contributed by atoms with Gasteiger partial charge in [-0.05, 0) is 25.1 Å². The summed E-state index contributed by atoms with van der Waals surface area (Å²) < 4.78 is 7.46. The predicted molar refractivity (Wildman–Crippen MR) is 107 cm³/mol. The van der Waals surface area contributed by atoms with Crippen molar-refractivity contribution < 1.29 is 9.21 Å². The van der Waals surface area contributed by atoms with Gasteiger partial charge in [-0.3, -0.25) is 9.20 Å². The molecule has 3 heterocycles. The normalized spacial score (nSPS) is 12.6. The number of hydrogen-bond donors (Lipinski definition) is 1. The van der Waals surface area contributed by atoms with Crippen LogP contribution in [0, 0.1) is 0 Å². The molecule has 0 bridgehead atoms. The van der Waals surface area contributed by atoms with Gasteiger partial charge in [0.1, 0.15) is 11.3 Å². The number of halogens is 2. The van der Waals surface area contributed by atoms with Crippen LogP contribution in [0.4, 0.5) is 0 Å². The summed E-state index contributed by atoms with van der Waals surface area (Å²) in [5.74, 6) is 0.744. The summed E-state index contributed by atoms with van der Waals surface area (Å²) in [7, 11) is 0. The predicted octanol–water partition coefficient (Wildman–Crippen LogP) is 4.75. The summed E-state index contributed by atoms with van der Waals surface area (Å²) in [6.45, 7) is 1.88. The highest BCUT2D eigenvalue weighted by atomic mass is 35.5. The number of hydrogen-bond acceptors (Lipinski definition) is 5. The van der Waals surface area contributed by atoms with Crippen molar-refractivity contribution in [2.75, 3.05) is 5.75 Å². The lowest BCUT2D eigenvalue weighted by Crippen LogP contribution is -2.28. The third-order valence-corrected chi connectivity index (χ3v) is 5.40. The first-order valence-electron chi connectivity index (χ1n) is 8.11. The van der Waals surface area contributed by atoms with Crippen LogP contribution in [0.2, 0.25) is 10.0 Å². The average molecular weight is 421 g/mol. The second-order valence-corrected chi connectivity index (χ2v) is 7.73. The number of thioether (sulfide) groups is 1. The molecule has 0 saturated carbocycles. The van der Waals surface area contributed by atoms with Crippen molar-refractivity contribution in [2.45, 2.75) is 18.1 Å². The van der Waals surface area contributed by atoms with Crippen molar-refractivity contribution in [3.05, 3.63) is 58.4 Å². The van der Waals surface area contributed by atoms with Crippen LogP contribution in [0.1, 0.15) is 18.7 Å². The average Bonchev–Trinajstić information content (AvgIpc) is 3.24. The number of fused-ring (bicyclic) bond motifs is 2. The van der Waals surface area contributed by atoms with E-state index in [2.05, 4.69) is 15.5 Å². The molecule has 1 aromatic carbocycles. The van der Waals surface area contributed by atoms with Crippen LogP contribution in [0.3, 0.4) is 0 Å². The summed E-state index contributed by atoms with van der Waals surface area (Å²) in [6.07, 6.45) is 1.67. The number of para-hydroxylation sites is 1. The Morgan fingerprint density at radius 3 is 2.93 bits per heavy atom. The maximum absolute atomic E-state index is 12.3. The molecule has 4 aromatic rings. The van der Waals surface area contributed by atoms with E-state index >= 15 is 0 Å². The molecule has 1 N–H and O–H groups in total. The largest absolute Gasteiger partial charge is 0.459 e. The number of nitrogens with one attached hydrogen (secondary N) is 1. The molecule has 0 spiro atoms. The quantitative estimate of drug-likeness (QED) is 0.471. The minimum atomic E-state index is -0.246. The molecule has 1 amide bonds. The van der Waals surface area contributed by atoms with Crippen LogP contribution < -0.4 is 5.32 Å². The summed E-state index contributed by atoms with van der Waals surface area (Å²) >= 11 is 13.4. The van der Waals surface area contributed by atoms with E-state index < -0.39 is 0 Å². The fourth-order valence-corrected chi connectivity index (χ4v) is 3.93. The number of pyridine rings is 1. The first-order valence-corrected chi connectivity index (χ1v) is 9.86. The lowest BCUT2D eigenvalue weighted by Gasteiger charge is -2.10. The zero-order chi connectivity index (χ0) is 19.0. The summed E-state index contributed by atoms with van der Waals surface area (Å²) in [5, 5.41) is 13.4. The molecule has 0 fully saturated rings. The Kier molecular flexibility index (Phi) is 4.99. The van der Waals surface area contributed by atoms with Gasteiger partial charge in [0.15, 0.2) is 10.8 Å². The number of carbonyl (C=O) groups is 1. The highest BCUT2D eigenvalue weighted by Crippen LogP contribution is 2.26. The van der Waals surface area contributed by atoms with E-state index in [-0.39, 0.29) is 17.7 Å². The van der Waals surface area contributed by atoms with Gasteiger partial charge in [0.2, 0.25) is 5.91 Å². The minimum absolute atomic E-state index is 0.141. The number of rotatable bonds is 5. The first kappa shape index (κ1) is 18.2. The van der Waals surface area contributed by atoms with Crippen LogP contribution >= 0.6 is 35.0 Å². The van der Waals surface area contributed by atoms with E-state index in [0.717, 1.165) is 11.0 Å². The Balaban J connectivity index is 1.42. The van der Waals surface area contributed by atoms with Crippen LogP contribution in [0.25, 0.3) is 16.6 Å². The zero-order valence-corrected chi connectivity index (χ0v) is 16.5. The van der Waals surface area contributed by atoms with Crippen molar-refractivity contribution in [2.24, 2.45) is 0 Å². The standard InChI is InChI=1S/C18H14Cl2N4O2S/c1-10(15-6-11-4-2-3-5-14(11)26-15)21-16(25)9-27-18-23-22-17-13(20)7-12(19)8-24(17)18/h2-8,10H,9H2,1H3,(H,21,25). The second kappa shape index (κ2) is 7.42. The smallest absolute Gasteiger partial charge is 0.231 e. The van der Waals surface area contributed by atoms with E-state index in [0.29, 0.717) is 26.6 Å². The van der Waals surface area contributed by atoms with E-state index in [1.165, 1.54) is 11.8 Å². The fourth-order valence-electron chi connectivity index (χ4n) is 2.70. The molecule has 4 rings (SSSR count).